The van der Waals surface area contributed by atoms with Crippen LogP contribution in [0.4, 0.5) is 21.7 Å². The van der Waals surface area contributed by atoms with E-state index < -0.39 is 11.7 Å². The van der Waals surface area contributed by atoms with Crippen LogP contribution in [0.25, 0.3) is 10.9 Å². The summed E-state index contributed by atoms with van der Waals surface area (Å²) in [5.74, 6) is -1.11. The zero-order chi connectivity index (χ0) is 19.9. The van der Waals surface area contributed by atoms with E-state index in [1.54, 1.807) is 6.20 Å². The van der Waals surface area contributed by atoms with Crippen molar-refractivity contribution < 1.29 is 9.18 Å². The third-order valence-electron chi connectivity index (χ3n) is 4.28. The van der Waals surface area contributed by atoms with Crippen molar-refractivity contribution in [3.8, 4) is 0 Å². The quantitative estimate of drug-likeness (QED) is 0.422. The van der Waals surface area contributed by atoms with Gasteiger partial charge in [0.15, 0.2) is 11.6 Å². The number of primary amides is 1. The fraction of sp³-hybridized carbons (Fsp3) is 0.250. The molecule has 0 atom stereocenters. The van der Waals surface area contributed by atoms with Gasteiger partial charge in [0, 0.05) is 23.8 Å². The number of pyridine rings is 2. The van der Waals surface area contributed by atoms with Crippen LogP contribution in [0.3, 0.4) is 0 Å². The van der Waals surface area contributed by atoms with Gasteiger partial charge in [-0.1, -0.05) is 12.5 Å². The number of hydrogen-bond acceptors (Lipinski definition) is 6. The van der Waals surface area contributed by atoms with Gasteiger partial charge in [-0.3, -0.25) is 9.78 Å². The smallest absolute Gasteiger partial charge is 0.252 e. The highest BCUT2D eigenvalue weighted by Gasteiger charge is 2.16. The molecule has 0 fully saturated rings. The summed E-state index contributed by atoms with van der Waals surface area (Å²) in [6.07, 6.45) is 4.42. The van der Waals surface area contributed by atoms with Crippen LogP contribution in [0.15, 0.2) is 42.6 Å². The lowest BCUT2D eigenvalue weighted by Crippen LogP contribution is -2.16. The zero-order valence-corrected chi connectivity index (χ0v) is 15.4. The van der Waals surface area contributed by atoms with Crippen molar-refractivity contribution in [2.24, 2.45) is 11.5 Å². The summed E-state index contributed by atoms with van der Waals surface area (Å²) in [6, 6.07) is 10.4. The molecular weight excluding hydrogens is 359 g/mol. The van der Waals surface area contributed by atoms with Gasteiger partial charge in [0.1, 0.15) is 5.82 Å². The number of anilines is 3. The van der Waals surface area contributed by atoms with E-state index in [-0.39, 0.29) is 17.2 Å². The minimum Gasteiger partial charge on any atom is -0.368 e. The second kappa shape index (κ2) is 9.09. The Morgan fingerprint density at radius 2 is 1.96 bits per heavy atom. The van der Waals surface area contributed by atoms with Crippen molar-refractivity contribution in [3.05, 3.63) is 54.0 Å². The van der Waals surface area contributed by atoms with E-state index in [0.29, 0.717) is 18.8 Å². The molecule has 1 amide bonds. The van der Waals surface area contributed by atoms with Crippen molar-refractivity contribution in [3.63, 3.8) is 0 Å². The highest BCUT2D eigenvalue weighted by Crippen LogP contribution is 2.25. The first-order valence-corrected chi connectivity index (χ1v) is 9.14. The number of unbranched alkanes of at least 4 members (excludes halogenated alkanes) is 2. The first-order valence-electron chi connectivity index (χ1n) is 9.14. The molecule has 2 aromatic heterocycles. The maximum absolute atomic E-state index is 14.3. The lowest BCUT2D eigenvalue weighted by Gasteiger charge is -2.13. The largest absolute Gasteiger partial charge is 0.368 e. The van der Waals surface area contributed by atoms with Crippen LogP contribution in [0, 0.1) is 5.82 Å². The van der Waals surface area contributed by atoms with Gasteiger partial charge in [-0.25, -0.2) is 9.37 Å². The Morgan fingerprint density at radius 1 is 1.11 bits per heavy atom. The molecule has 1 aromatic carbocycles. The van der Waals surface area contributed by atoms with E-state index in [0.717, 1.165) is 36.2 Å². The average molecular weight is 382 g/mol. The maximum Gasteiger partial charge on any atom is 0.252 e. The molecule has 28 heavy (non-hydrogen) atoms. The number of amides is 1. The number of carbonyl (C=O) groups is 1. The number of nitrogens with one attached hydrogen (secondary N) is 2. The molecule has 0 aliphatic rings. The molecule has 0 bridgehead atoms. The molecule has 0 saturated carbocycles. The highest BCUT2D eigenvalue weighted by molar-refractivity contribution is 5.99. The molecule has 0 unspecified atom stereocenters. The number of halogens is 1. The minimum absolute atomic E-state index is 0.0162. The second-order valence-electron chi connectivity index (χ2n) is 6.39. The Hall–Kier alpha value is -3.26. The van der Waals surface area contributed by atoms with Crippen molar-refractivity contribution >= 4 is 34.1 Å². The van der Waals surface area contributed by atoms with E-state index in [1.807, 2.05) is 30.3 Å². The van der Waals surface area contributed by atoms with Gasteiger partial charge in [-0.2, -0.15) is 0 Å². The Bertz CT molecular complexity index is 978. The van der Waals surface area contributed by atoms with Crippen molar-refractivity contribution in [2.45, 2.75) is 19.3 Å². The van der Waals surface area contributed by atoms with Crippen LogP contribution < -0.4 is 22.1 Å². The van der Waals surface area contributed by atoms with Crippen molar-refractivity contribution in [1.82, 2.24) is 9.97 Å². The summed E-state index contributed by atoms with van der Waals surface area (Å²) in [5.41, 5.74) is 12.4. The highest BCUT2D eigenvalue weighted by atomic mass is 19.1. The standard InChI is InChI=1S/C20H23FN6O/c21-16-12-15(18(23)28)19(27-20(16)25-9-3-1-2-8-22)26-14-6-7-17-13(11-14)5-4-10-24-17/h4-7,10-12H,1-3,8-9,22H2,(H2,23,28)(H2,25,26,27). The normalized spacial score (nSPS) is 10.8. The number of carbonyl (C=O) groups excluding carboxylic acids is 1. The van der Waals surface area contributed by atoms with Gasteiger partial charge in [0.05, 0.1) is 11.1 Å². The van der Waals surface area contributed by atoms with Gasteiger partial charge in [-0.05, 0) is 49.7 Å². The number of rotatable bonds is 9. The third-order valence-corrected chi connectivity index (χ3v) is 4.28. The molecule has 146 valence electrons. The fourth-order valence-corrected chi connectivity index (χ4v) is 2.84. The van der Waals surface area contributed by atoms with Crippen LogP contribution in [0.5, 0.6) is 0 Å². The molecule has 7 nitrogen and oxygen atoms in total. The summed E-state index contributed by atoms with van der Waals surface area (Å²) < 4.78 is 14.3. The molecule has 0 aliphatic carbocycles. The fourth-order valence-electron chi connectivity index (χ4n) is 2.84. The third kappa shape index (κ3) is 4.72. The summed E-state index contributed by atoms with van der Waals surface area (Å²) >= 11 is 0. The van der Waals surface area contributed by atoms with Crippen LogP contribution in [0.1, 0.15) is 29.6 Å². The maximum atomic E-state index is 14.3. The minimum atomic E-state index is -0.758. The Kier molecular flexibility index (Phi) is 6.33. The first kappa shape index (κ1) is 19.5. The van der Waals surface area contributed by atoms with Gasteiger partial charge >= 0.3 is 0 Å². The average Bonchev–Trinajstić information content (AvgIpc) is 2.69. The number of hydrogen-bond donors (Lipinski definition) is 4. The summed E-state index contributed by atoms with van der Waals surface area (Å²) in [6.45, 7) is 1.19. The van der Waals surface area contributed by atoms with Gasteiger partial charge < -0.3 is 22.1 Å². The van der Waals surface area contributed by atoms with Crippen LogP contribution in [0.2, 0.25) is 0 Å². The predicted molar refractivity (Wildman–Crippen MR) is 109 cm³/mol. The SMILES string of the molecule is NCCCCCNc1nc(Nc2ccc3ncccc3c2)c(C(N)=O)cc1F. The molecule has 0 spiro atoms. The van der Waals surface area contributed by atoms with Crippen LogP contribution in [-0.2, 0) is 0 Å². The molecule has 8 heteroatoms. The summed E-state index contributed by atoms with van der Waals surface area (Å²) in [4.78, 5) is 20.3. The number of nitrogens with zero attached hydrogens (tertiary/aromatic N) is 2. The molecular formula is C20H23FN6O. The molecule has 0 aliphatic heterocycles. The lowest BCUT2D eigenvalue weighted by atomic mass is 10.2. The van der Waals surface area contributed by atoms with E-state index in [4.69, 9.17) is 11.5 Å². The molecule has 6 N–H and O–H groups in total. The van der Waals surface area contributed by atoms with Gasteiger partial charge in [-0.15, -0.1) is 0 Å². The molecule has 0 radical (unpaired) electrons. The number of nitrogens with two attached hydrogens (primary N) is 2. The zero-order valence-electron chi connectivity index (χ0n) is 15.4. The van der Waals surface area contributed by atoms with E-state index >= 15 is 0 Å². The van der Waals surface area contributed by atoms with E-state index in [9.17, 15) is 9.18 Å². The number of aromatic nitrogens is 2. The molecule has 2 heterocycles. The topological polar surface area (TPSA) is 119 Å². The molecule has 3 rings (SSSR count). The lowest BCUT2D eigenvalue weighted by molar-refractivity contribution is 0.100. The number of fused-ring (bicyclic) bond motifs is 1. The van der Waals surface area contributed by atoms with Gasteiger partial charge in [0.2, 0.25) is 0 Å². The van der Waals surface area contributed by atoms with Crippen LogP contribution in [-0.4, -0.2) is 29.0 Å². The van der Waals surface area contributed by atoms with Crippen molar-refractivity contribution in [1.29, 1.82) is 0 Å². The summed E-state index contributed by atoms with van der Waals surface area (Å²) in [5, 5.41) is 6.95. The predicted octanol–water partition coefficient (Wildman–Crippen LogP) is 3.15. The Balaban J connectivity index is 1.84. The van der Waals surface area contributed by atoms with Gasteiger partial charge in [0.25, 0.3) is 5.91 Å². The molecule has 3 aromatic rings. The Labute approximate surface area is 162 Å². The monoisotopic (exact) mass is 382 g/mol. The Morgan fingerprint density at radius 3 is 2.75 bits per heavy atom. The molecule has 0 saturated heterocycles. The first-order chi connectivity index (χ1) is 13.6. The van der Waals surface area contributed by atoms with E-state index in [1.165, 1.54) is 0 Å². The van der Waals surface area contributed by atoms with Crippen molar-refractivity contribution in [2.75, 3.05) is 23.7 Å². The van der Waals surface area contributed by atoms with Crippen LogP contribution >= 0.6 is 0 Å². The van der Waals surface area contributed by atoms with E-state index in [2.05, 4.69) is 20.6 Å². The second-order valence-corrected chi connectivity index (χ2v) is 6.39. The number of benzene rings is 1. The summed E-state index contributed by atoms with van der Waals surface area (Å²) in [7, 11) is 0.